The monoisotopic (exact) mass is 251 g/mol. The third kappa shape index (κ3) is 3.13. The SMILES string of the molecule is CN(C(=O)CCc1ccco1)C1CCCCC1O. The first-order chi connectivity index (χ1) is 8.68. The van der Waals surface area contributed by atoms with Crippen molar-refractivity contribution in [3.8, 4) is 0 Å². The van der Waals surface area contributed by atoms with Crippen LogP contribution in [0.1, 0.15) is 37.9 Å². The highest BCUT2D eigenvalue weighted by Crippen LogP contribution is 2.23. The lowest BCUT2D eigenvalue weighted by molar-refractivity contribution is -0.135. The lowest BCUT2D eigenvalue weighted by Crippen LogP contribution is -2.46. The van der Waals surface area contributed by atoms with Crippen LogP contribution in [0.25, 0.3) is 0 Å². The molecule has 0 spiro atoms. The van der Waals surface area contributed by atoms with E-state index in [0.29, 0.717) is 12.8 Å². The maximum Gasteiger partial charge on any atom is 0.223 e. The molecule has 0 radical (unpaired) electrons. The molecule has 100 valence electrons. The fourth-order valence-electron chi connectivity index (χ4n) is 2.59. The first kappa shape index (κ1) is 13.1. The average Bonchev–Trinajstić information content (AvgIpc) is 2.89. The minimum Gasteiger partial charge on any atom is -0.469 e. The van der Waals surface area contributed by atoms with Gasteiger partial charge in [0, 0.05) is 19.9 Å². The molecule has 1 aliphatic rings. The van der Waals surface area contributed by atoms with E-state index in [-0.39, 0.29) is 18.1 Å². The number of carbonyl (C=O) groups excluding carboxylic acids is 1. The van der Waals surface area contributed by atoms with Crippen LogP contribution in [-0.2, 0) is 11.2 Å². The molecule has 1 aromatic rings. The summed E-state index contributed by atoms with van der Waals surface area (Å²) in [6, 6.07) is 3.69. The molecule has 1 aliphatic carbocycles. The number of hydrogen-bond acceptors (Lipinski definition) is 3. The highest BCUT2D eigenvalue weighted by Gasteiger charge is 2.29. The molecule has 0 aliphatic heterocycles. The molecular formula is C14H21NO3. The molecule has 1 heterocycles. The molecule has 0 saturated heterocycles. The van der Waals surface area contributed by atoms with E-state index in [1.54, 1.807) is 18.2 Å². The van der Waals surface area contributed by atoms with Crippen LogP contribution in [-0.4, -0.2) is 35.1 Å². The molecule has 0 aromatic carbocycles. The molecule has 2 unspecified atom stereocenters. The maximum absolute atomic E-state index is 12.1. The van der Waals surface area contributed by atoms with Crippen molar-refractivity contribution in [1.29, 1.82) is 0 Å². The van der Waals surface area contributed by atoms with Gasteiger partial charge in [0.2, 0.25) is 5.91 Å². The first-order valence-electron chi connectivity index (χ1n) is 6.64. The third-order valence-corrected chi connectivity index (χ3v) is 3.75. The number of likely N-dealkylation sites (N-methyl/N-ethyl adjacent to an activating group) is 1. The molecule has 1 aromatic heterocycles. The van der Waals surface area contributed by atoms with Gasteiger partial charge in [-0.1, -0.05) is 12.8 Å². The van der Waals surface area contributed by atoms with Gasteiger partial charge in [-0.25, -0.2) is 0 Å². The third-order valence-electron chi connectivity index (χ3n) is 3.75. The Morgan fingerprint density at radius 1 is 1.50 bits per heavy atom. The molecule has 1 saturated carbocycles. The Balaban J connectivity index is 1.84. The maximum atomic E-state index is 12.1. The number of furan rings is 1. The Labute approximate surface area is 108 Å². The zero-order chi connectivity index (χ0) is 13.0. The van der Waals surface area contributed by atoms with Crippen molar-refractivity contribution in [1.82, 2.24) is 4.90 Å². The van der Waals surface area contributed by atoms with Crippen molar-refractivity contribution >= 4 is 5.91 Å². The van der Waals surface area contributed by atoms with E-state index in [2.05, 4.69) is 0 Å². The first-order valence-corrected chi connectivity index (χ1v) is 6.64. The molecule has 4 heteroatoms. The van der Waals surface area contributed by atoms with Crippen molar-refractivity contribution in [2.45, 2.75) is 50.7 Å². The summed E-state index contributed by atoms with van der Waals surface area (Å²) < 4.78 is 5.21. The summed E-state index contributed by atoms with van der Waals surface area (Å²) >= 11 is 0. The van der Waals surface area contributed by atoms with Crippen LogP contribution in [0.3, 0.4) is 0 Å². The molecule has 18 heavy (non-hydrogen) atoms. The van der Waals surface area contributed by atoms with Gasteiger partial charge in [0.25, 0.3) is 0 Å². The number of aliphatic hydroxyl groups is 1. The van der Waals surface area contributed by atoms with E-state index in [4.69, 9.17) is 4.42 Å². The van der Waals surface area contributed by atoms with Crippen molar-refractivity contribution in [3.05, 3.63) is 24.2 Å². The summed E-state index contributed by atoms with van der Waals surface area (Å²) in [5, 5.41) is 9.93. The molecular weight excluding hydrogens is 230 g/mol. The minimum atomic E-state index is -0.365. The second-order valence-corrected chi connectivity index (χ2v) is 5.00. The number of rotatable bonds is 4. The quantitative estimate of drug-likeness (QED) is 0.890. The predicted molar refractivity (Wildman–Crippen MR) is 68.1 cm³/mol. The van der Waals surface area contributed by atoms with Gasteiger partial charge in [0.1, 0.15) is 5.76 Å². The van der Waals surface area contributed by atoms with Crippen LogP contribution in [0.15, 0.2) is 22.8 Å². The predicted octanol–water partition coefficient (Wildman–Crippen LogP) is 1.97. The van der Waals surface area contributed by atoms with E-state index in [1.807, 2.05) is 12.1 Å². The van der Waals surface area contributed by atoms with Crippen LogP contribution in [0.4, 0.5) is 0 Å². The highest BCUT2D eigenvalue weighted by atomic mass is 16.3. The van der Waals surface area contributed by atoms with Gasteiger partial charge in [0.15, 0.2) is 0 Å². The summed E-state index contributed by atoms with van der Waals surface area (Å²) in [6.07, 6.45) is 6.19. The molecule has 1 fully saturated rings. The fourth-order valence-corrected chi connectivity index (χ4v) is 2.59. The van der Waals surface area contributed by atoms with Crippen molar-refractivity contribution in [2.75, 3.05) is 7.05 Å². The second-order valence-electron chi connectivity index (χ2n) is 5.00. The number of carbonyl (C=O) groups is 1. The molecule has 2 rings (SSSR count). The van der Waals surface area contributed by atoms with Gasteiger partial charge < -0.3 is 14.4 Å². The molecule has 1 amide bonds. The van der Waals surface area contributed by atoms with Gasteiger partial charge in [-0.2, -0.15) is 0 Å². The van der Waals surface area contributed by atoms with Crippen LogP contribution in [0, 0.1) is 0 Å². The smallest absolute Gasteiger partial charge is 0.223 e. The zero-order valence-corrected chi connectivity index (χ0v) is 10.8. The number of hydrogen-bond donors (Lipinski definition) is 1. The summed E-state index contributed by atoms with van der Waals surface area (Å²) in [7, 11) is 1.80. The molecule has 2 atom stereocenters. The van der Waals surface area contributed by atoms with Gasteiger partial charge in [-0.3, -0.25) is 4.79 Å². The van der Waals surface area contributed by atoms with E-state index < -0.39 is 0 Å². The highest BCUT2D eigenvalue weighted by molar-refractivity contribution is 5.76. The van der Waals surface area contributed by atoms with Gasteiger partial charge in [-0.05, 0) is 25.0 Å². The van der Waals surface area contributed by atoms with Crippen molar-refractivity contribution < 1.29 is 14.3 Å². The molecule has 4 nitrogen and oxygen atoms in total. The normalized spacial score (nSPS) is 23.9. The summed E-state index contributed by atoms with van der Waals surface area (Å²) in [6.45, 7) is 0. The standard InChI is InChI=1S/C14H21NO3/c1-15(12-6-2-3-7-13(12)16)14(17)9-8-11-5-4-10-18-11/h4-5,10,12-13,16H,2-3,6-9H2,1H3. The summed E-state index contributed by atoms with van der Waals surface area (Å²) in [5.74, 6) is 0.915. The largest absolute Gasteiger partial charge is 0.469 e. The Kier molecular flexibility index (Phi) is 4.42. The topological polar surface area (TPSA) is 53.7 Å². The van der Waals surface area contributed by atoms with Crippen LogP contribution < -0.4 is 0 Å². The molecule has 0 bridgehead atoms. The number of nitrogens with zero attached hydrogens (tertiary/aromatic N) is 1. The lowest BCUT2D eigenvalue weighted by Gasteiger charge is -2.35. The zero-order valence-electron chi connectivity index (χ0n) is 10.8. The molecule has 1 N–H and O–H groups in total. The average molecular weight is 251 g/mol. The van der Waals surface area contributed by atoms with Gasteiger partial charge >= 0.3 is 0 Å². The Hall–Kier alpha value is -1.29. The Bertz CT molecular complexity index is 374. The number of aryl methyl sites for hydroxylation is 1. The van der Waals surface area contributed by atoms with E-state index in [9.17, 15) is 9.90 Å². The minimum absolute atomic E-state index is 0.0112. The van der Waals surface area contributed by atoms with Crippen LogP contribution in [0.2, 0.25) is 0 Å². The van der Waals surface area contributed by atoms with E-state index >= 15 is 0 Å². The van der Waals surface area contributed by atoms with Gasteiger partial charge in [0.05, 0.1) is 18.4 Å². The Morgan fingerprint density at radius 3 is 2.94 bits per heavy atom. The summed E-state index contributed by atoms with van der Waals surface area (Å²) in [4.78, 5) is 13.8. The van der Waals surface area contributed by atoms with E-state index in [1.165, 1.54) is 0 Å². The number of amides is 1. The second kappa shape index (κ2) is 6.05. The van der Waals surface area contributed by atoms with Crippen molar-refractivity contribution in [2.24, 2.45) is 0 Å². The fraction of sp³-hybridized carbons (Fsp3) is 0.643. The van der Waals surface area contributed by atoms with Gasteiger partial charge in [-0.15, -0.1) is 0 Å². The van der Waals surface area contributed by atoms with Crippen LogP contribution >= 0.6 is 0 Å². The van der Waals surface area contributed by atoms with E-state index in [0.717, 1.165) is 31.4 Å². The lowest BCUT2D eigenvalue weighted by atomic mass is 9.91. The van der Waals surface area contributed by atoms with Crippen molar-refractivity contribution in [3.63, 3.8) is 0 Å². The summed E-state index contributed by atoms with van der Waals surface area (Å²) in [5.41, 5.74) is 0. The van der Waals surface area contributed by atoms with Crippen LogP contribution in [0.5, 0.6) is 0 Å². The number of aliphatic hydroxyl groups excluding tert-OH is 1. The Morgan fingerprint density at radius 2 is 2.28 bits per heavy atom.